The van der Waals surface area contributed by atoms with E-state index in [1.165, 1.54) is 6.21 Å². The van der Waals surface area contributed by atoms with Crippen molar-refractivity contribution in [3.05, 3.63) is 54.4 Å². The highest BCUT2D eigenvalue weighted by molar-refractivity contribution is 5.90. The van der Waals surface area contributed by atoms with Gasteiger partial charge in [-0.1, -0.05) is 17.3 Å². The summed E-state index contributed by atoms with van der Waals surface area (Å²) in [5.41, 5.74) is 3.10. The highest BCUT2D eigenvalue weighted by atomic mass is 19.4. The number of amides is 2. The van der Waals surface area contributed by atoms with E-state index < -0.39 is 24.9 Å². The van der Waals surface area contributed by atoms with Gasteiger partial charge in [-0.05, 0) is 37.1 Å². The SMILES string of the molecule is O=C(NCC(F)(F)F)Nc1cccc(-c2cnc3cc(/C=N/OCC(O)CN4CCC(O)CC4)ccn23)c1. The number of aromatic nitrogens is 2. The average Bonchev–Trinajstić information content (AvgIpc) is 3.30. The molecule has 1 saturated heterocycles. The number of nitrogens with one attached hydrogen (secondary N) is 2. The van der Waals surface area contributed by atoms with E-state index in [1.54, 1.807) is 54.1 Å². The first kappa shape index (κ1) is 27.4. The molecule has 3 heterocycles. The van der Waals surface area contributed by atoms with Crippen LogP contribution in [-0.4, -0.2) is 87.9 Å². The standard InChI is InChI=1S/C25H29F3N6O4/c26-25(27,28)16-30-24(37)32-19-3-1-2-18(11-19)22-13-29-23-10-17(4-9-34(22)23)12-31-38-15-21(36)14-33-7-5-20(35)6-8-33/h1-4,9-13,20-21,35-36H,5-8,14-16H2,(H2,30,32,37)/b31-12+. The molecular weight excluding hydrogens is 505 g/mol. The largest absolute Gasteiger partial charge is 0.405 e. The molecule has 1 unspecified atom stereocenters. The van der Waals surface area contributed by atoms with Crippen molar-refractivity contribution in [1.82, 2.24) is 19.6 Å². The lowest BCUT2D eigenvalue weighted by atomic mass is 10.1. The molecule has 1 atom stereocenters. The molecule has 1 aromatic carbocycles. The molecule has 0 aliphatic carbocycles. The molecule has 1 fully saturated rings. The molecular formula is C25H29F3N6O4. The Morgan fingerprint density at radius 1 is 1.26 bits per heavy atom. The number of halogens is 3. The molecule has 4 N–H and O–H groups in total. The van der Waals surface area contributed by atoms with Crippen LogP contribution in [0.15, 0.2) is 53.9 Å². The predicted octanol–water partition coefficient (Wildman–Crippen LogP) is 2.85. The molecule has 4 rings (SSSR count). The number of β-amino-alcohol motifs (C(OH)–C–C–N with tert-alkyl or cyclic N) is 1. The Hall–Kier alpha value is -3.68. The summed E-state index contributed by atoms with van der Waals surface area (Å²) in [6.07, 6.45) is 0.903. The number of oxime groups is 1. The maximum Gasteiger partial charge on any atom is 0.405 e. The Labute approximate surface area is 216 Å². The van der Waals surface area contributed by atoms with Crippen LogP contribution >= 0.6 is 0 Å². The number of fused-ring (bicyclic) bond motifs is 1. The summed E-state index contributed by atoms with van der Waals surface area (Å²) < 4.78 is 38.7. The average molecular weight is 535 g/mol. The van der Waals surface area contributed by atoms with Gasteiger partial charge < -0.3 is 30.6 Å². The van der Waals surface area contributed by atoms with E-state index in [9.17, 15) is 28.2 Å². The highest BCUT2D eigenvalue weighted by Crippen LogP contribution is 2.24. The summed E-state index contributed by atoms with van der Waals surface area (Å²) in [6.45, 7) is 0.565. The Morgan fingerprint density at radius 2 is 2.05 bits per heavy atom. The number of carbonyl (C=O) groups is 1. The molecule has 2 amide bonds. The first-order valence-electron chi connectivity index (χ1n) is 12.1. The van der Waals surface area contributed by atoms with Gasteiger partial charge >= 0.3 is 12.2 Å². The summed E-state index contributed by atoms with van der Waals surface area (Å²) in [7, 11) is 0. The second-order valence-corrected chi connectivity index (χ2v) is 9.05. The maximum atomic E-state index is 12.3. The normalized spacial score (nSPS) is 16.1. The summed E-state index contributed by atoms with van der Waals surface area (Å²) in [5.74, 6) is 0. The van der Waals surface area contributed by atoms with E-state index in [-0.39, 0.29) is 12.7 Å². The fourth-order valence-electron chi connectivity index (χ4n) is 4.08. The number of aliphatic hydroxyl groups excluding tert-OH is 2. The summed E-state index contributed by atoms with van der Waals surface area (Å²) >= 11 is 0. The van der Waals surface area contributed by atoms with Gasteiger partial charge in [0.1, 0.15) is 24.9 Å². The number of aliphatic hydroxyl groups is 2. The minimum atomic E-state index is -4.49. The number of likely N-dealkylation sites (tertiary alicyclic amines) is 1. The summed E-state index contributed by atoms with van der Waals surface area (Å²) in [6, 6.07) is 9.31. The fourth-order valence-corrected chi connectivity index (χ4v) is 4.08. The Morgan fingerprint density at radius 3 is 2.82 bits per heavy atom. The van der Waals surface area contributed by atoms with E-state index in [1.807, 2.05) is 4.40 Å². The van der Waals surface area contributed by atoms with Crippen LogP contribution < -0.4 is 10.6 Å². The van der Waals surface area contributed by atoms with Crippen LogP contribution in [0.1, 0.15) is 18.4 Å². The van der Waals surface area contributed by atoms with Crippen LogP contribution in [0.25, 0.3) is 16.9 Å². The monoisotopic (exact) mass is 534 g/mol. The van der Waals surface area contributed by atoms with Gasteiger partial charge in [-0.3, -0.25) is 4.40 Å². The molecule has 1 aliphatic heterocycles. The zero-order chi connectivity index (χ0) is 27.1. The van der Waals surface area contributed by atoms with Crippen molar-refractivity contribution in [2.24, 2.45) is 5.16 Å². The molecule has 10 nitrogen and oxygen atoms in total. The van der Waals surface area contributed by atoms with E-state index in [0.717, 1.165) is 18.7 Å². The second-order valence-electron chi connectivity index (χ2n) is 9.05. The van der Waals surface area contributed by atoms with Gasteiger partial charge in [0, 0.05) is 42.6 Å². The van der Waals surface area contributed by atoms with Crippen LogP contribution in [0.3, 0.4) is 0 Å². The van der Waals surface area contributed by atoms with Crippen molar-refractivity contribution in [1.29, 1.82) is 0 Å². The summed E-state index contributed by atoms with van der Waals surface area (Å²) in [4.78, 5) is 23.5. The molecule has 3 aromatic rings. The number of pyridine rings is 1. The van der Waals surface area contributed by atoms with Crippen LogP contribution in [-0.2, 0) is 4.84 Å². The highest BCUT2D eigenvalue weighted by Gasteiger charge is 2.27. The van der Waals surface area contributed by atoms with Gasteiger partial charge in [0.2, 0.25) is 0 Å². The number of carbonyl (C=O) groups excluding carboxylic acids is 1. The van der Waals surface area contributed by atoms with E-state index in [2.05, 4.69) is 20.4 Å². The third-order valence-corrected chi connectivity index (χ3v) is 5.97. The second kappa shape index (κ2) is 12.2. The van der Waals surface area contributed by atoms with Gasteiger partial charge in [-0.15, -0.1) is 0 Å². The van der Waals surface area contributed by atoms with Crippen LogP contribution in [0, 0.1) is 0 Å². The Bertz CT molecular complexity index is 1260. The number of nitrogens with zero attached hydrogens (tertiary/aromatic N) is 4. The molecule has 38 heavy (non-hydrogen) atoms. The van der Waals surface area contributed by atoms with Crippen LogP contribution in [0.4, 0.5) is 23.7 Å². The number of hydrogen-bond donors (Lipinski definition) is 4. The lowest BCUT2D eigenvalue weighted by Gasteiger charge is -2.30. The number of anilines is 1. The smallest absolute Gasteiger partial charge is 0.393 e. The van der Waals surface area contributed by atoms with Gasteiger partial charge in [-0.2, -0.15) is 13.2 Å². The third-order valence-electron chi connectivity index (χ3n) is 5.97. The van der Waals surface area contributed by atoms with Gasteiger partial charge in [0.15, 0.2) is 0 Å². The van der Waals surface area contributed by atoms with Crippen molar-refractivity contribution in [2.45, 2.75) is 31.2 Å². The van der Waals surface area contributed by atoms with Crippen LogP contribution in [0.2, 0.25) is 0 Å². The minimum absolute atomic E-state index is 0.0456. The molecule has 0 bridgehead atoms. The zero-order valence-corrected chi connectivity index (χ0v) is 20.4. The fraction of sp³-hybridized carbons (Fsp3) is 0.400. The number of alkyl halides is 3. The minimum Gasteiger partial charge on any atom is -0.393 e. The molecule has 1 aliphatic rings. The van der Waals surface area contributed by atoms with Crippen LogP contribution in [0.5, 0.6) is 0 Å². The van der Waals surface area contributed by atoms with Crippen molar-refractivity contribution >= 4 is 23.6 Å². The number of imidazole rings is 1. The van der Waals surface area contributed by atoms with E-state index in [0.29, 0.717) is 42.0 Å². The number of rotatable bonds is 9. The third kappa shape index (κ3) is 7.91. The quantitative estimate of drug-likeness (QED) is 0.247. The van der Waals surface area contributed by atoms with E-state index >= 15 is 0 Å². The molecule has 2 aromatic heterocycles. The zero-order valence-electron chi connectivity index (χ0n) is 20.4. The maximum absolute atomic E-state index is 12.3. The first-order chi connectivity index (χ1) is 18.2. The van der Waals surface area contributed by atoms with Crippen molar-refractivity contribution in [2.75, 3.05) is 38.1 Å². The molecule has 0 saturated carbocycles. The number of urea groups is 1. The first-order valence-corrected chi connectivity index (χ1v) is 12.1. The van der Waals surface area contributed by atoms with Crippen molar-refractivity contribution in [3.63, 3.8) is 0 Å². The number of hydrogen-bond acceptors (Lipinski definition) is 7. The predicted molar refractivity (Wildman–Crippen MR) is 135 cm³/mol. The molecule has 0 spiro atoms. The topological polar surface area (TPSA) is 124 Å². The molecule has 204 valence electrons. The van der Waals surface area contributed by atoms with E-state index in [4.69, 9.17) is 4.84 Å². The lowest BCUT2D eigenvalue weighted by molar-refractivity contribution is -0.122. The molecule has 0 radical (unpaired) electrons. The Balaban J connectivity index is 1.32. The number of piperidine rings is 1. The van der Waals surface area contributed by atoms with Gasteiger partial charge in [-0.25, -0.2) is 9.78 Å². The van der Waals surface area contributed by atoms with Gasteiger partial charge in [0.05, 0.1) is 24.2 Å². The van der Waals surface area contributed by atoms with Gasteiger partial charge in [0.25, 0.3) is 0 Å². The molecule has 13 heteroatoms. The number of benzene rings is 1. The Kier molecular flexibility index (Phi) is 8.81. The van der Waals surface area contributed by atoms with Crippen molar-refractivity contribution in [3.8, 4) is 11.3 Å². The summed E-state index contributed by atoms with van der Waals surface area (Å²) in [5, 5.41) is 27.8. The van der Waals surface area contributed by atoms with Crippen molar-refractivity contribution < 1.29 is 33.0 Å². The lowest BCUT2D eigenvalue weighted by Crippen LogP contribution is -2.41.